The number of anilines is 2. The van der Waals surface area contributed by atoms with Gasteiger partial charge in [-0.25, -0.2) is 13.4 Å². The summed E-state index contributed by atoms with van der Waals surface area (Å²) in [5.74, 6) is -0.313. The normalized spacial score (nSPS) is 10.8. The predicted octanol–water partition coefficient (Wildman–Crippen LogP) is 2.08. The molecule has 0 aliphatic carbocycles. The van der Waals surface area contributed by atoms with Gasteiger partial charge in [-0.05, 0) is 37.7 Å². The van der Waals surface area contributed by atoms with E-state index in [1.165, 1.54) is 11.3 Å². The number of amides is 1. The summed E-state index contributed by atoms with van der Waals surface area (Å²) in [6, 6.07) is 6.42. The van der Waals surface area contributed by atoms with Crippen molar-refractivity contribution in [3.8, 4) is 0 Å². The SMILES string of the molecule is CCS(=O)(=O)Nc1ccc(NC(=O)c2csc(CCN)n2)cc1.Cl. The first-order valence-corrected chi connectivity index (χ1v) is 9.53. The highest BCUT2D eigenvalue weighted by molar-refractivity contribution is 7.92. The summed E-state index contributed by atoms with van der Waals surface area (Å²) in [4.78, 5) is 16.3. The van der Waals surface area contributed by atoms with Crippen LogP contribution in [0.1, 0.15) is 22.4 Å². The van der Waals surface area contributed by atoms with Crippen molar-refractivity contribution in [2.45, 2.75) is 13.3 Å². The van der Waals surface area contributed by atoms with E-state index in [1.807, 2.05) is 0 Å². The topological polar surface area (TPSA) is 114 Å². The fraction of sp³-hybridized carbons (Fsp3) is 0.286. The summed E-state index contributed by atoms with van der Waals surface area (Å²) in [6.45, 7) is 2.05. The lowest BCUT2D eigenvalue weighted by Crippen LogP contribution is -2.15. The van der Waals surface area contributed by atoms with Gasteiger partial charge in [-0.1, -0.05) is 0 Å². The summed E-state index contributed by atoms with van der Waals surface area (Å²) in [5, 5.41) is 5.22. The Balaban J connectivity index is 0.00000288. The van der Waals surface area contributed by atoms with Crippen LogP contribution in [0.15, 0.2) is 29.6 Å². The molecule has 0 bridgehead atoms. The van der Waals surface area contributed by atoms with Gasteiger partial charge in [0.15, 0.2) is 0 Å². The van der Waals surface area contributed by atoms with E-state index in [0.717, 1.165) is 5.01 Å². The predicted molar refractivity (Wildman–Crippen MR) is 99.6 cm³/mol. The largest absolute Gasteiger partial charge is 0.330 e. The Kier molecular flexibility index (Phi) is 7.61. The van der Waals surface area contributed by atoms with Crippen LogP contribution in [0.2, 0.25) is 0 Å². The molecule has 1 amide bonds. The van der Waals surface area contributed by atoms with Crippen molar-refractivity contribution in [2.75, 3.05) is 22.3 Å². The lowest BCUT2D eigenvalue weighted by molar-refractivity contribution is 0.102. The van der Waals surface area contributed by atoms with E-state index >= 15 is 0 Å². The molecule has 0 unspecified atom stereocenters. The quantitative estimate of drug-likeness (QED) is 0.669. The van der Waals surface area contributed by atoms with Gasteiger partial charge in [0.05, 0.1) is 10.8 Å². The number of rotatable bonds is 7. The number of benzene rings is 1. The Hall–Kier alpha value is -1.68. The molecule has 0 spiro atoms. The maximum atomic E-state index is 12.1. The van der Waals surface area contributed by atoms with Crippen LogP contribution in [0.4, 0.5) is 11.4 Å². The molecule has 10 heteroatoms. The minimum atomic E-state index is -3.31. The molecule has 2 rings (SSSR count). The molecular formula is C14H19ClN4O3S2. The third-order valence-electron chi connectivity index (χ3n) is 2.94. The standard InChI is InChI=1S/C14H18N4O3S2.ClH/c1-2-23(20,21)18-11-5-3-10(4-6-11)16-14(19)12-9-22-13(17-12)7-8-15;/h3-6,9,18H,2,7-8,15H2,1H3,(H,16,19);1H. The van der Waals surface area contributed by atoms with Gasteiger partial charge in [0, 0.05) is 23.2 Å². The van der Waals surface area contributed by atoms with Crippen molar-refractivity contribution in [1.82, 2.24) is 4.98 Å². The minimum absolute atomic E-state index is 0. The van der Waals surface area contributed by atoms with Gasteiger partial charge in [0.25, 0.3) is 5.91 Å². The number of sulfonamides is 1. The summed E-state index contributed by atoms with van der Waals surface area (Å²) in [7, 11) is -3.31. The van der Waals surface area contributed by atoms with E-state index in [-0.39, 0.29) is 24.1 Å². The number of carbonyl (C=O) groups is 1. The van der Waals surface area contributed by atoms with Gasteiger partial charge in [0.1, 0.15) is 5.69 Å². The average Bonchev–Trinajstić information content (AvgIpc) is 2.98. The number of nitrogens with two attached hydrogens (primary N) is 1. The Labute approximate surface area is 151 Å². The molecule has 0 aliphatic heterocycles. The van der Waals surface area contributed by atoms with Gasteiger partial charge in [-0.3, -0.25) is 9.52 Å². The molecule has 4 N–H and O–H groups in total. The maximum absolute atomic E-state index is 12.1. The van der Waals surface area contributed by atoms with Crippen LogP contribution >= 0.6 is 23.7 Å². The molecule has 132 valence electrons. The molecule has 0 fully saturated rings. The monoisotopic (exact) mass is 390 g/mol. The van der Waals surface area contributed by atoms with Crippen molar-refractivity contribution >= 4 is 51.0 Å². The molecule has 0 radical (unpaired) electrons. The van der Waals surface area contributed by atoms with E-state index in [0.29, 0.717) is 30.0 Å². The van der Waals surface area contributed by atoms with Crippen molar-refractivity contribution in [3.63, 3.8) is 0 Å². The van der Waals surface area contributed by atoms with Crippen LogP contribution in [0.5, 0.6) is 0 Å². The van der Waals surface area contributed by atoms with E-state index in [9.17, 15) is 13.2 Å². The Morgan fingerprint density at radius 3 is 2.46 bits per heavy atom. The van der Waals surface area contributed by atoms with Gasteiger partial charge in [-0.15, -0.1) is 23.7 Å². The lowest BCUT2D eigenvalue weighted by atomic mass is 10.3. The molecule has 2 aromatic rings. The van der Waals surface area contributed by atoms with Crippen molar-refractivity contribution < 1.29 is 13.2 Å². The van der Waals surface area contributed by atoms with Crippen molar-refractivity contribution in [1.29, 1.82) is 0 Å². The zero-order valence-corrected chi connectivity index (χ0v) is 15.4. The highest BCUT2D eigenvalue weighted by atomic mass is 35.5. The van der Waals surface area contributed by atoms with Crippen LogP contribution in [0.25, 0.3) is 0 Å². The van der Waals surface area contributed by atoms with Gasteiger partial charge < -0.3 is 11.1 Å². The average molecular weight is 391 g/mol. The number of thiazole rings is 1. The van der Waals surface area contributed by atoms with E-state index < -0.39 is 10.0 Å². The summed E-state index contributed by atoms with van der Waals surface area (Å²) in [6.07, 6.45) is 0.643. The van der Waals surface area contributed by atoms with Crippen molar-refractivity contribution in [2.24, 2.45) is 5.73 Å². The number of halogens is 1. The number of hydrogen-bond acceptors (Lipinski definition) is 6. The second-order valence-corrected chi connectivity index (χ2v) is 7.66. The summed E-state index contributed by atoms with van der Waals surface area (Å²) < 4.78 is 25.4. The number of nitrogens with zero attached hydrogens (tertiary/aromatic N) is 1. The number of aromatic nitrogens is 1. The second kappa shape index (κ2) is 8.97. The first-order chi connectivity index (χ1) is 10.9. The molecule has 1 heterocycles. The van der Waals surface area contributed by atoms with Crippen LogP contribution in [-0.4, -0.2) is 31.6 Å². The van der Waals surface area contributed by atoms with E-state index in [2.05, 4.69) is 15.0 Å². The summed E-state index contributed by atoms with van der Waals surface area (Å²) in [5.41, 5.74) is 6.80. The Bertz CT molecular complexity index is 776. The van der Waals surface area contributed by atoms with Gasteiger partial charge >= 0.3 is 0 Å². The zero-order chi connectivity index (χ0) is 16.9. The minimum Gasteiger partial charge on any atom is -0.330 e. The molecule has 0 saturated heterocycles. The van der Waals surface area contributed by atoms with Crippen LogP contribution in [0, 0.1) is 0 Å². The van der Waals surface area contributed by atoms with Gasteiger partial charge in [-0.2, -0.15) is 0 Å². The molecule has 0 aliphatic rings. The third kappa shape index (κ3) is 5.75. The zero-order valence-electron chi connectivity index (χ0n) is 13.0. The Morgan fingerprint density at radius 1 is 1.25 bits per heavy atom. The van der Waals surface area contributed by atoms with E-state index in [4.69, 9.17) is 5.73 Å². The van der Waals surface area contributed by atoms with Gasteiger partial charge in [0.2, 0.25) is 10.0 Å². The van der Waals surface area contributed by atoms with Crippen LogP contribution < -0.4 is 15.8 Å². The van der Waals surface area contributed by atoms with Crippen molar-refractivity contribution in [3.05, 3.63) is 40.3 Å². The first kappa shape index (κ1) is 20.4. The molecule has 0 saturated carbocycles. The molecular weight excluding hydrogens is 372 g/mol. The molecule has 1 aromatic heterocycles. The maximum Gasteiger partial charge on any atom is 0.275 e. The molecule has 24 heavy (non-hydrogen) atoms. The number of carbonyl (C=O) groups excluding carboxylic acids is 1. The highest BCUT2D eigenvalue weighted by Gasteiger charge is 2.11. The number of nitrogens with one attached hydrogen (secondary N) is 2. The van der Waals surface area contributed by atoms with Crippen LogP contribution in [0.3, 0.4) is 0 Å². The molecule has 0 atom stereocenters. The second-order valence-electron chi connectivity index (χ2n) is 4.70. The highest BCUT2D eigenvalue weighted by Crippen LogP contribution is 2.17. The number of hydrogen-bond donors (Lipinski definition) is 3. The molecule has 1 aromatic carbocycles. The summed E-state index contributed by atoms with van der Waals surface area (Å²) >= 11 is 1.40. The smallest absolute Gasteiger partial charge is 0.275 e. The third-order valence-corrected chi connectivity index (χ3v) is 5.15. The first-order valence-electron chi connectivity index (χ1n) is 7.00. The van der Waals surface area contributed by atoms with E-state index in [1.54, 1.807) is 36.6 Å². The lowest BCUT2D eigenvalue weighted by Gasteiger charge is -2.07. The van der Waals surface area contributed by atoms with Crippen LogP contribution in [-0.2, 0) is 16.4 Å². The fourth-order valence-corrected chi connectivity index (χ4v) is 3.16. The molecule has 7 nitrogen and oxygen atoms in total. The fourth-order valence-electron chi connectivity index (χ4n) is 1.72. The Morgan fingerprint density at radius 2 is 1.88 bits per heavy atom.